The van der Waals surface area contributed by atoms with E-state index in [1.54, 1.807) is 6.07 Å². The van der Waals surface area contributed by atoms with Gasteiger partial charge in [0.15, 0.2) is 5.96 Å². The molecule has 1 fully saturated rings. The molecule has 3 aliphatic heterocycles. The molecule has 3 heterocycles. The molecule has 4 aliphatic rings. The van der Waals surface area contributed by atoms with Crippen molar-refractivity contribution in [2.45, 2.75) is 31.6 Å². The lowest BCUT2D eigenvalue weighted by molar-refractivity contribution is 0.166. The number of fused-ring (bicyclic) bond motifs is 1. The largest absolute Gasteiger partial charge is 0.396 e. The number of nitrogens with zero attached hydrogens (tertiary/aromatic N) is 4. The molecule has 0 amide bonds. The minimum atomic E-state index is -1.12. The van der Waals surface area contributed by atoms with E-state index in [0.29, 0.717) is 18.9 Å². The van der Waals surface area contributed by atoms with Crippen molar-refractivity contribution >= 4 is 17.9 Å². The molecule has 5 rings (SSSR count). The predicted molar refractivity (Wildman–Crippen MR) is 126 cm³/mol. The number of hydrogen-bond acceptors (Lipinski definition) is 7. The molecule has 0 aromatic heterocycles. The lowest BCUT2D eigenvalue weighted by atomic mass is 9.76. The van der Waals surface area contributed by atoms with Crippen molar-refractivity contribution in [1.29, 1.82) is 0 Å². The molecular formula is C24H29F2N7. The number of nitrogens with two attached hydrogens (primary N) is 2. The summed E-state index contributed by atoms with van der Waals surface area (Å²) in [6, 6.07) is 4.02. The number of nitrogens with one attached hydrogen (secondary N) is 1. The van der Waals surface area contributed by atoms with E-state index in [9.17, 15) is 8.78 Å². The minimum Gasteiger partial charge on any atom is -0.396 e. The fourth-order valence-electron chi connectivity index (χ4n) is 4.98. The van der Waals surface area contributed by atoms with E-state index < -0.39 is 18.0 Å². The van der Waals surface area contributed by atoms with Crippen LogP contribution in [0, 0.1) is 17.7 Å². The summed E-state index contributed by atoms with van der Waals surface area (Å²) in [4.78, 5) is 6.53. The Hall–Kier alpha value is -3.20. The predicted octanol–water partition coefficient (Wildman–Crippen LogP) is 2.67. The molecule has 174 valence electrons. The van der Waals surface area contributed by atoms with Gasteiger partial charge in [-0.25, -0.2) is 13.8 Å². The second-order valence-corrected chi connectivity index (χ2v) is 9.13. The molecule has 0 saturated carbocycles. The maximum absolute atomic E-state index is 14.4. The van der Waals surface area contributed by atoms with Gasteiger partial charge in [-0.05, 0) is 41.7 Å². The lowest BCUT2D eigenvalue weighted by Gasteiger charge is -2.39. The number of nitrogen functional groups attached to an aromatic ring is 1. The summed E-state index contributed by atoms with van der Waals surface area (Å²) < 4.78 is 28.7. The highest BCUT2D eigenvalue weighted by molar-refractivity contribution is 5.83. The van der Waals surface area contributed by atoms with Crippen LogP contribution in [0.15, 0.2) is 63.5 Å². The second kappa shape index (κ2) is 8.30. The van der Waals surface area contributed by atoms with Crippen LogP contribution in [0.4, 0.5) is 14.5 Å². The van der Waals surface area contributed by atoms with Crippen molar-refractivity contribution in [2.75, 3.05) is 25.9 Å². The first-order valence-electron chi connectivity index (χ1n) is 11.3. The number of guanidine groups is 1. The normalized spacial score (nSPS) is 31.4. The molecular weight excluding hydrogens is 424 g/mol. The third kappa shape index (κ3) is 3.80. The highest BCUT2D eigenvalue weighted by Crippen LogP contribution is 2.42. The number of hydrogen-bond donors (Lipinski definition) is 3. The highest BCUT2D eigenvalue weighted by atomic mass is 19.1. The van der Waals surface area contributed by atoms with Crippen LogP contribution < -0.4 is 16.8 Å². The van der Waals surface area contributed by atoms with E-state index in [1.807, 2.05) is 35.4 Å². The van der Waals surface area contributed by atoms with Crippen molar-refractivity contribution in [1.82, 2.24) is 15.2 Å². The smallest absolute Gasteiger partial charge is 0.199 e. The van der Waals surface area contributed by atoms with E-state index in [4.69, 9.17) is 11.5 Å². The molecule has 1 aromatic rings. The zero-order valence-electron chi connectivity index (χ0n) is 18.7. The first kappa shape index (κ1) is 21.6. The minimum absolute atomic E-state index is 0.0994. The SMILES string of the molecule is CC1C(C2=CN=C(N3CCC(N)C(F)C3)NC2c2ccc(N)c(F)c2)=CC=C2C1C=NN2C. The summed E-state index contributed by atoms with van der Waals surface area (Å²) in [5, 5.41) is 9.76. The molecule has 1 aromatic carbocycles. The number of likely N-dealkylation sites (tertiary alicyclic amines) is 1. The third-order valence-electron chi connectivity index (χ3n) is 7.07. The maximum Gasteiger partial charge on any atom is 0.199 e. The Morgan fingerprint density at radius 3 is 2.79 bits per heavy atom. The summed E-state index contributed by atoms with van der Waals surface area (Å²) >= 11 is 0. The summed E-state index contributed by atoms with van der Waals surface area (Å²) in [7, 11) is 1.94. The topological polar surface area (TPSA) is 95.3 Å². The van der Waals surface area contributed by atoms with Gasteiger partial charge in [0.2, 0.25) is 0 Å². The monoisotopic (exact) mass is 453 g/mol. The van der Waals surface area contributed by atoms with Gasteiger partial charge in [0.25, 0.3) is 0 Å². The van der Waals surface area contributed by atoms with E-state index in [1.165, 1.54) is 6.07 Å². The van der Waals surface area contributed by atoms with Crippen molar-refractivity contribution in [3.63, 3.8) is 0 Å². The average molecular weight is 454 g/mol. The van der Waals surface area contributed by atoms with Gasteiger partial charge >= 0.3 is 0 Å². The number of benzene rings is 1. The molecule has 5 N–H and O–H groups in total. The number of anilines is 1. The van der Waals surface area contributed by atoms with Gasteiger partial charge in [-0.15, -0.1) is 0 Å². The van der Waals surface area contributed by atoms with E-state index in [-0.39, 0.29) is 30.1 Å². The van der Waals surface area contributed by atoms with Crippen LogP contribution in [0.5, 0.6) is 0 Å². The zero-order chi connectivity index (χ0) is 23.3. The Bertz CT molecular complexity index is 1110. The quantitative estimate of drug-likeness (QED) is 0.599. The standard InChI is InChI=1S/C24H29F2N7/c1-13-15(4-6-22-16(13)11-30-32(22)2)17-10-29-24(33-8-7-21(28)19(26)12-33)31-23(17)14-3-5-20(27)18(25)9-14/h3-6,9-11,13,16,19,21,23H,7-8,12,27-28H2,1-2H3,(H,29,31). The van der Waals surface area contributed by atoms with Gasteiger partial charge in [-0.3, -0.25) is 5.01 Å². The van der Waals surface area contributed by atoms with Crippen molar-refractivity contribution in [2.24, 2.45) is 27.7 Å². The van der Waals surface area contributed by atoms with Crippen LogP contribution in [0.25, 0.3) is 0 Å². The van der Waals surface area contributed by atoms with Gasteiger partial charge in [-0.1, -0.05) is 19.1 Å². The van der Waals surface area contributed by atoms with Crippen LogP contribution >= 0.6 is 0 Å². The molecule has 0 bridgehead atoms. The molecule has 33 heavy (non-hydrogen) atoms. The molecule has 5 atom stereocenters. The molecule has 0 spiro atoms. The van der Waals surface area contributed by atoms with E-state index >= 15 is 0 Å². The van der Waals surface area contributed by atoms with Crippen LogP contribution in [-0.2, 0) is 0 Å². The van der Waals surface area contributed by atoms with Crippen LogP contribution in [-0.4, -0.2) is 54.4 Å². The molecule has 5 unspecified atom stereocenters. The summed E-state index contributed by atoms with van der Waals surface area (Å²) in [5.41, 5.74) is 15.6. The number of halogens is 2. The van der Waals surface area contributed by atoms with Crippen LogP contribution in [0.2, 0.25) is 0 Å². The number of aliphatic imine (C=N–C) groups is 1. The number of rotatable bonds is 2. The Balaban J connectivity index is 1.53. The zero-order valence-corrected chi connectivity index (χ0v) is 18.7. The van der Waals surface area contributed by atoms with Crippen molar-refractivity contribution in [3.05, 3.63) is 64.8 Å². The molecule has 7 nitrogen and oxygen atoms in total. The van der Waals surface area contributed by atoms with Crippen molar-refractivity contribution in [3.8, 4) is 0 Å². The summed E-state index contributed by atoms with van der Waals surface area (Å²) in [6.07, 6.45) is 7.38. The highest BCUT2D eigenvalue weighted by Gasteiger charge is 2.37. The maximum atomic E-state index is 14.4. The number of alkyl halides is 1. The first-order chi connectivity index (χ1) is 15.8. The second-order valence-electron chi connectivity index (χ2n) is 9.13. The molecule has 1 aliphatic carbocycles. The van der Waals surface area contributed by atoms with E-state index in [2.05, 4.69) is 34.5 Å². The molecule has 9 heteroatoms. The van der Waals surface area contributed by atoms with Gasteiger partial charge < -0.3 is 21.7 Å². The average Bonchev–Trinajstić information content (AvgIpc) is 3.19. The third-order valence-corrected chi connectivity index (χ3v) is 7.07. The molecule has 0 radical (unpaired) electrons. The summed E-state index contributed by atoms with van der Waals surface area (Å²) in [6.45, 7) is 2.94. The fourth-order valence-corrected chi connectivity index (χ4v) is 4.98. The van der Waals surface area contributed by atoms with E-state index in [0.717, 1.165) is 22.4 Å². The fraction of sp³-hybridized carbons (Fsp3) is 0.417. The first-order valence-corrected chi connectivity index (χ1v) is 11.3. The van der Waals surface area contributed by atoms with Crippen molar-refractivity contribution < 1.29 is 8.78 Å². The van der Waals surface area contributed by atoms with Crippen LogP contribution in [0.3, 0.4) is 0 Å². The van der Waals surface area contributed by atoms with Gasteiger partial charge in [0, 0.05) is 49.2 Å². The lowest BCUT2D eigenvalue weighted by Crippen LogP contribution is -2.54. The molecule has 1 saturated heterocycles. The Labute approximate surface area is 192 Å². The Morgan fingerprint density at radius 2 is 2.03 bits per heavy atom. The Kier molecular flexibility index (Phi) is 5.44. The Morgan fingerprint density at radius 1 is 1.21 bits per heavy atom. The summed E-state index contributed by atoms with van der Waals surface area (Å²) in [5.74, 6) is 0.426. The number of piperidine rings is 1. The van der Waals surface area contributed by atoms with Gasteiger partial charge in [0.1, 0.15) is 12.0 Å². The van der Waals surface area contributed by atoms with Gasteiger partial charge in [0.05, 0.1) is 18.3 Å². The number of hydrazone groups is 1. The van der Waals surface area contributed by atoms with Crippen LogP contribution in [0.1, 0.15) is 24.9 Å². The van der Waals surface area contributed by atoms with Gasteiger partial charge in [-0.2, -0.15) is 5.10 Å². The number of allylic oxidation sites excluding steroid dienone is 3.